The predicted octanol–water partition coefficient (Wildman–Crippen LogP) is 4.19. The van der Waals surface area contributed by atoms with Gasteiger partial charge in [-0.25, -0.2) is 0 Å². The number of ether oxygens (including phenoxy) is 2. The number of rotatable bonds is 3. The standard InChI is InChI=1S/C22H32O3/c1-22(2,12-6-4-3-5-7-12)25-21(23)14-9-11-8-13(14)18-16-10-15(17(11)18)19-20(16)24-19/h11-20H,3-10H2,1-2H3. The van der Waals surface area contributed by atoms with Gasteiger partial charge < -0.3 is 9.47 Å². The minimum atomic E-state index is -0.280. The molecule has 4 bridgehead atoms. The zero-order valence-corrected chi connectivity index (χ0v) is 15.7. The first-order chi connectivity index (χ1) is 12.0. The zero-order valence-electron chi connectivity index (χ0n) is 15.7. The van der Waals surface area contributed by atoms with Crippen LogP contribution in [0.25, 0.3) is 0 Å². The summed E-state index contributed by atoms with van der Waals surface area (Å²) in [6, 6.07) is 0. The summed E-state index contributed by atoms with van der Waals surface area (Å²) in [5.41, 5.74) is -0.280. The molecule has 6 aliphatic rings. The quantitative estimate of drug-likeness (QED) is 0.438. The van der Waals surface area contributed by atoms with Crippen molar-refractivity contribution in [2.45, 2.75) is 83.0 Å². The molecule has 0 radical (unpaired) electrons. The molecular weight excluding hydrogens is 312 g/mol. The highest BCUT2D eigenvalue weighted by molar-refractivity contribution is 5.74. The smallest absolute Gasteiger partial charge is 0.309 e. The molecule has 0 N–H and O–H groups in total. The molecule has 25 heavy (non-hydrogen) atoms. The summed E-state index contributed by atoms with van der Waals surface area (Å²) in [4.78, 5) is 13.1. The van der Waals surface area contributed by atoms with Crippen molar-refractivity contribution in [1.82, 2.24) is 0 Å². The maximum absolute atomic E-state index is 13.1. The van der Waals surface area contributed by atoms with Crippen LogP contribution in [0.3, 0.4) is 0 Å². The van der Waals surface area contributed by atoms with Gasteiger partial charge in [-0.05, 0) is 87.4 Å². The molecule has 3 heteroatoms. The largest absolute Gasteiger partial charge is 0.459 e. The van der Waals surface area contributed by atoms with Crippen molar-refractivity contribution in [1.29, 1.82) is 0 Å². The molecule has 3 nitrogen and oxygen atoms in total. The van der Waals surface area contributed by atoms with Gasteiger partial charge in [-0.15, -0.1) is 0 Å². The van der Waals surface area contributed by atoms with E-state index in [1.165, 1.54) is 44.9 Å². The van der Waals surface area contributed by atoms with Crippen LogP contribution in [0.1, 0.15) is 65.2 Å². The lowest BCUT2D eigenvalue weighted by molar-refractivity contribution is -0.171. The van der Waals surface area contributed by atoms with Crippen LogP contribution in [0, 0.1) is 47.3 Å². The van der Waals surface area contributed by atoms with Gasteiger partial charge in [0.25, 0.3) is 0 Å². The Balaban J connectivity index is 1.17. The van der Waals surface area contributed by atoms with Gasteiger partial charge >= 0.3 is 5.97 Å². The average Bonchev–Trinajstić information content (AvgIpc) is 2.95. The third-order valence-corrected chi connectivity index (χ3v) is 9.32. The number of carbonyl (C=O) groups is 1. The second kappa shape index (κ2) is 5.03. The summed E-state index contributed by atoms with van der Waals surface area (Å²) in [6.07, 6.45) is 11.4. The zero-order chi connectivity index (χ0) is 16.9. The lowest BCUT2D eigenvalue weighted by Gasteiger charge is -2.40. The van der Waals surface area contributed by atoms with Gasteiger partial charge in [0.2, 0.25) is 0 Å². The van der Waals surface area contributed by atoms with Crippen molar-refractivity contribution >= 4 is 5.97 Å². The third-order valence-electron chi connectivity index (χ3n) is 9.32. The molecule has 0 spiro atoms. The molecule has 1 saturated heterocycles. The summed E-state index contributed by atoms with van der Waals surface area (Å²) in [7, 11) is 0. The summed E-state index contributed by atoms with van der Waals surface area (Å²) in [5, 5.41) is 0. The van der Waals surface area contributed by atoms with Gasteiger partial charge in [-0.2, -0.15) is 0 Å². The molecular formula is C22H32O3. The van der Waals surface area contributed by atoms with Crippen molar-refractivity contribution in [3.63, 3.8) is 0 Å². The molecule has 0 aromatic heterocycles. The number of hydrogen-bond acceptors (Lipinski definition) is 3. The summed E-state index contributed by atoms with van der Waals surface area (Å²) < 4.78 is 12.1. The number of esters is 1. The van der Waals surface area contributed by atoms with E-state index < -0.39 is 0 Å². The van der Waals surface area contributed by atoms with Crippen LogP contribution < -0.4 is 0 Å². The van der Waals surface area contributed by atoms with Crippen molar-refractivity contribution in [3.05, 3.63) is 0 Å². The Hall–Kier alpha value is -0.570. The fourth-order valence-electron chi connectivity index (χ4n) is 8.34. The van der Waals surface area contributed by atoms with Crippen molar-refractivity contribution in [2.24, 2.45) is 47.3 Å². The Morgan fingerprint density at radius 2 is 1.64 bits per heavy atom. The molecule has 5 aliphatic carbocycles. The number of fused-ring (bicyclic) bond motifs is 12. The van der Waals surface area contributed by atoms with Crippen LogP contribution >= 0.6 is 0 Å². The van der Waals surface area contributed by atoms with Crippen LogP contribution in [0.2, 0.25) is 0 Å². The monoisotopic (exact) mass is 344 g/mol. The van der Waals surface area contributed by atoms with E-state index in [2.05, 4.69) is 13.8 Å². The Labute approximate surface area is 151 Å². The van der Waals surface area contributed by atoms with E-state index in [-0.39, 0.29) is 17.5 Å². The van der Waals surface area contributed by atoms with E-state index >= 15 is 0 Å². The first-order valence-corrected chi connectivity index (χ1v) is 10.9. The number of carbonyl (C=O) groups excluding carboxylic acids is 1. The lowest BCUT2D eigenvalue weighted by Crippen LogP contribution is -2.43. The van der Waals surface area contributed by atoms with Gasteiger partial charge in [-0.1, -0.05) is 19.3 Å². The fraction of sp³-hybridized carbons (Fsp3) is 0.955. The van der Waals surface area contributed by atoms with E-state index in [1.54, 1.807) is 0 Å². The normalized spacial score (nSPS) is 53.0. The van der Waals surface area contributed by atoms with Gasteiger partial charge in [0.15, 0.2) is 0 Å². The fourth-order valence-corrected chi connectivity index (χ4v) is 8.34. The predicted molar refractivity (Wildman–Crippen MR) is 93.7 cm³/mol. The van der Waals surface area contributed by atoms with Gasteiger partial charge in [0, 0.05) is 0 Å². The minimum absolute atomic E-state index is 0.137. The number of epoxide rings is 1. The molecule has 6 rings (SSSR count). The molecule has 0 amide bonds. The lowest BCUT2D eigenvalue weighted by atomic mass is 9.67. The van der Waals surface area contributed by atoms with E-state index in [1.807, 2.05) is 0 Å². The molecule has 6 fully saturated rings. The van der Waals surface area contributed by atoms with E-state index in [9.17, 15) is 4.79 Å². The van der Waals surface area contributed by atoms with Crippen LogP contribution in [0.15, 0.2) is 0 Å². The second-order valence-electron chi connectivity index (χ2n) is 10.6. The van der Waals surface area contributed by atoms with Crippen LogP contribution in [-0.2, 0) is 14.3 Å². The van der Waals surface area contributed by atoms with Crippen LogP contribution in [-0.4, -0.2) is 23.8 Å². The van der Waals surface area contributed by atoms with Crippen LogP contribution in [0.5, 0.6) is 0 Å². The highest BCUT2D eigenvalue weighted by Crippen LogP contribution is 2.73. The first-order valence-electron chi connectivity index (χ1n) is 10.9. The van der Waals surface area contributed by atoms with E-state index in [0.717, 1.165) is 36.0 Å². The molecule has 1 aliphatic heterocycles. The Kier molecular flexibility index (Phi) is 3.11. The molecule has 9 atom stereocenters. The maximum atomic E-state index is 13.1. The summed E-state index contributed by atoms with van der Waals surface area (Å²) in [6.45, 7) is 4.33. The maximum Gasteiger partial charge on any atom is 0.309 e. The first kappa shape index (κ1) is 15.5. The third kappa shape index (κ3) is 2.05. The molecule has 9 unspecified atom stereocenters. The van der Waals surface area contributed by atoms with Crippen molar-refractivity contribution in [2.75, 3.05) is 0 Å². The Morgan fingerprint density at radius 3 is 2.40 bits per heavy atom. The van der Waals surface area contributed by atoms with Crippen molar-refractivity contribution in [3.8, 4) is 0 Å². The molecule has 5 saturated carbocycles. The topological polar surface area (TPSA) is 38.8 Å². The minimum Gasteiger partial charge on any atom is -0.459 e. The summed E-state index contributed by atoms with van der Waals surface area (Å²) >= 11 is 0. The van der Waals surface area contributed by atoms with Gasteiger partial charge in [0.05, 0.1) is 18.1 Å². The van der Waals surface area contributed by atoms with E-state index in [0.29, 0.717) is 24.0 Å². The SMILES string of the molecule is CC(C)(OC(=O)C1CC2CC1C1C3CC(C4OC34)C21)C1CCCCC1. The van der Waals surface area contributed by atoms with E-state index in [4.69, 9.17) is 9.47 Å². The molecule has 138 valence electrons. The molecule has 0 aromatic rings. The van der Waals surface area contributed by atoms with Crippen LogP contribution in [0.4, 0.5) is 0 Å². The van der Waals surface area contributed by atoms with Crippen molar-refractivity contribution < 1.29 is 14.3 Å². The highest BCUT2D eigenvalue weighted by atomic mass is 16.6. The molecule has 0 aromatic carbocycles. The number of hydrogen-bond donors (Lipinski definition) is 0. The average molecular weight is 344 g/mol. The Morgan fingerprint density at radius 1 is 0.920 bits per heavy atom. The van der Waals surface area contributed by atoms with Gasteiger partial charge in [0.1, 0.15) is 5.60 Å². The highest BCUT2D eigenvalue weighted by Gasteiger charge is 2.74. The van der Waals surface area contributed by atoms with Gasteiger partial charge in [-0.3, -0.25) is 4.79 Å². The molecule has 1 heterocycles. The summed E-state index contributed by atoms with van der Waals surface area (Å²) in [5.74, 6) is 5.54. The second-order valence-corrected chi connectivity index (χ2v) is 10.6. The Bertz CT molecular complexity index is 592.